The van der Waals surface area contributed by atoms with Gasteiger partial charge in [0.1, 0.15) is 5.82 Å². The minimum atomic E-state index is -0.0527. The zero-order valence-corrected chi connectivity index (χ0v) is 10.3. The lowest BCUT2D eigenvalue weighted by Gasteiger charge is -2.41. The van der Waals surface area contributed by atoms with Crippen LogP contribution < -0.4 is 4.90 Å². The fraction of sp³-hybridized carbons (Fsp3) is 0.571. The summed E-state index contributed by atoms with van der Waals surface area (Å²) >= 11 is 0. The Labute approximate surface area is 97.3 Å². The number of hydrogen-bond acceptors (Lipinski definition) is 1. The van der Waals surface area contributed by atoms with E-state index in [1.165, 1.54) is 6.42 Å². The lowest BCUT2D eigenvalue weighted by molar-refractivity contribution is 0.408. The average Bonchev–Trinajstić information content (AvgIpc) is 2.24. The fourth-order valence-electron chi connectivity index (χ4n) is 2.73. The number of benzene rings is 1. The van der Waals surface area contributed by atoms with Gasteiger partial charge in [-0.1, -0.05) is 12.1 Å². The Hall–Kier alpha value is -1.05. The van der Waals surface area contributed by atoms with Crippen LogP contribution in [-0.2, 0) is 0 Å². The predicted molar refractivity (Wildman–Crippen MR) is 66.4 cm³/mol. The van der Waals surface area contributed by atoms with Crippen molar-refractivity contribution in [3.63, 3.8) is 0 Å². The second-order valence-corrected chi connectivity index (χ2v) is 4.94. The molecule has 1 aliphatic rings. The number of hydrogen-bond donors (Lipinski definition) is 0. The Kier molecular flexibility index (Phi) is 3.17. The van der Waals surface area contributed by atoms with Crippen LogP contribution in [0.1, 0.15) is 38.7 Å². The van der Waals surface area contributed by atoms with Gasteiger partial charge in [0, 0.05) is 12.1 Å². The molecule has 2 heteroatoms. The van der Waals surface area contributed by atoms with Gasteiger partial charge in [-0.3, -0.25) is 0 Å². The summed E-state index contributed by atoms with van der Waals surface area (Å²) in [6, 6.07) is 6.57. The van der Waals surface area contributed by atoms with E-state index in [2.05, 4.69) is 18.7 Å². The van der Waals surface area contributed by atoms with Gasteiger partial charge in [0.25, 0.3) is 0 Å². The van der Waals surface area contributed by atoms with Crippen LogP contribution in [0.2, 0.25) is 0 Å². The summed E-state index contributed by atoms with van der Waals surface area (Å²) in [5, 5.41) is 0. The number of aryl methyl sites for hydroxylation is 1. The van der Waals surface area contributed by atoms with Crippen LogP contribution in [-0.4, -0.2) is 12.1 Å². The molecule has 1 saturated heterocycles. The minimum Gasteiger partial charge on any atom is -0.364 e. The molecule has 1 fully saturated rings. The monoisotopic (exact) mass is 221 g/mol. The van der Waals surface area contributed by atoms with Crippen molar-refractivity contribution in [2.24, 2.45) is 0 Å². The summed E-state index contributed by atoms with van der Waals surface area (Å²) < 4.78 is 14.1. The Balaban J connectivity index is 2.38. The summed E-state index contributed by atoms with van der Waals surface area (Å²) in [6.45, 7) is 6.22. The van der Waals surface area contributed by atoms with Crippen LogP contribution in [0.25, 0.3) is 0 Å². The van der Waals surface area contributed by atoms with Crippen molar-refractivity contribution in [1.29, 1.82) is 0 Å². The van der Waals surface area contributed by atoms with Gasteiger partial charge in [0.15, 0.2) is 0 Å². The molecular weight excluding hydrogens is 201 g/mol. The van der Waals surface area contributed by atoms with E-state index in [-0.39, 0.29) is 5.82 Å². The number of nitrogens with zero attached hydrogens (tertiary/aromatic N) is 1. The third-order valence-corrected chi connectivity index (χ3v) is 3.64. The first kappa shape index (κ1) is 11.4. The van der Waals surface area contributed by atoms with E-state index in [1.54, 1.807) is 0 Å². The van der Waals surface area contributed by atoms with Crippen LogP contribution in [0.15, 0.2) is 18.2 Å². The van der Waals surface area contributed by atoms with E-state index in [4.69, 9.17) is 0 Å². The molecule has 0 N–H and O–H groups in total. The molecule has 88 valence electrons. The van der Waals surface area contributed by atoms with Crippen molar-refractivity contribution >= 4 is 5.69 Å². The van der Waals surface area contributed by atoms with E-state index >= 15 is 0 Å². The number of piperidine rings is 1. The standard InChI is InChI=1S/C14H20FN/c1-10-6-4-9-13(14(10)15)16-11(2)7-5-8-12(16)3/h4,6,9,11-12H,5,7-8H2,1-3H3. The normalized spacial score (nSPS) is 25.9. The first-order chi connectivity index (χ1) is 7.61. The predicted octanol–water partition coefficient (Wildman–Crippen LogP) is 3.90. The molecule has 1 aromatic carbocycles. The van der Waals surface area contributed by atoms with Crippen LogP contribution in [0.4, 0.5) is 10.1 Å². The molecule has 2 rings (SSSR count). The first-order valence-corrected chi connectivity index (χ1v) is 6.14. The summed E-state index contributed by atoms with van der Waals surface area (Å²) in [6.07, 6.45) is 3.59. The highest BCUT2D eigenvalue weighted by atomic mass is 19.1. The number of halogens is 1. The summed E-state index contributed by atoms with van der Waals surface area (Å²) in [4.78, 5) is 2.24. The van der Waals surface area contributed by atoms with E-state index in [1.807, 2.05) is 25.1 Å². The van der Waals surface area contributed by atoms with E-state index in [9.17, 15) is 4.39 Å². The van der Waals surface area contributed by atoms with Crippen molar-refractivity contribution in [1.82, 2.24) is 0 Å². The maximum absolute atomic E-state index is 14.1. The fourth-order valence-corrected chi connectivity index (χ4v) is 2.73. The summed E-state index contributed by atoms with van der Waals surface area (Å²) in [5.74, 6) is -0.0527. The topological polar surface area (TPSA) is 3.24 Å². The highest BCUT2D eigenvalue weighted by Gasteiger charge is 2.26. The lowest BCUT2D eigenvalue weighted by Crippen LogP contribution is -2.44. The Morgan fingerprint density at radius 1 is 1.19 bits per heavy atom. The van der Waals surface area contributed by atoms with E-state index in [0.29, 0.717) is 12.1 Å². The Morgan fingerprint density at radius 3 is 2.44 bits per heavy atom. The van der Waals surface area contributed by atoms with Gasteiger partial charge >= 0.3 is 0 Å². The van der Waals surface area contributed by atoms with Gasteiger partial charge < -0.3 is 4.90 Å². The van der Waals surface area contributed by atoms with Crippen molar-refractivity contribution in [3.05, 3.63) is 29.6 Å². The van der Waals surface area contributed by atoms with Gasteiger partial charge in [-0.15, -0.1) is 0 Å². The van der Waals surface area contributed by atoms with Gasteiger partial charge in [-0.25, -0.2) is 4.39 Å². The third kappa shape index (κ3) is 1.93. The van der Waals surface area contributed by atoms with Crippen molar-refractivity contribution < 1.29 is 4.39 Å². The number of rotatable bonds is 1. The highest BCUT2D eigenvalue weighted by molar-refractivity contribution is 5.52. The molecule has 1 heterocycles. The largest absolute Gasteiger partial charge is 0.364 e. The molecule has 16 heavy (non-hydrogen) atoms. The molecule has 0 radical (unpaired) electrons. The molecule has 0 amide bonds. The van der Waals surface area contributed by atoms with E-state index < -0.39 is 0 Å². The zero-order valence-electron chi connectivity index (χ0n) is 10.3. The Morgan fingerprint density at radius 2 is 1.81 bits per heavy atom. The quantitative estimate of drug-likeness (QED) is 0.695. The third-order valence-electron chi connectivity index (χ3n) is 3.64. The van der Waals surface area contributed by atoms with Crippen molar-refractivity contribution in [2.45, 2.75) is 52.1 Å². The maximum Gasteiger partial charge on any atom is 0.149 e. The van der Waals surface area contributed by atoms with Crippen molar-refractivity contribution in [2.75, 3.05) is 4.90 Å². The van der Waals surface area contributed by atoms with Crippen LogP contribution >= 0.6 is 0 Å². The van der Waals surface area contributed by atoms with Crippen LogP contribution in [0.3, 0.4) is 0 Å². The molecular formula is C14H20FN. The second-order valence-electron chi connectivity index (χ2n) is 4.94. The van der Waals surface area contributed by atoms with Gasteiger partial charge in [-0.05, 0) is 51.7 Å². The van der Waals surface area contributed by atoms with Gasteiger partial charge in [-0.2, -0.15) is 0 Å². The highest BCUT2D eigenvalue weighted by Crippen LogP contribution is 2.31. The second kappa shape index (κ2) is 4.44. The first-order valence-electron chi connectivity index (χ1n) is 6.14. The molecule has 2 unspecified atom stereocenters. The zero-order chi connectivity index (χ0) is 11.7. The molecule has 1 aliphatic heterocycles. The minimum absolute atomic E-state index is 0.0527. The molecule has 0 aliphatic carbocycles. The van der Waals surface area contributed by atoms with Gasteiger partial charge in [0.2, 0.25) is 0 Å². The number of anilines is 1. The van der Waals surface area contributed by atoms with Crippen LogP contribution in [0, 0.1) is 12.7 Å². The Bertz CT molecular complexity index is 365. The maximum atomic E-state index is 14.1. The molecule has 0 bridgehead atoms. The molecule has 1 nitrogen and oxygen atoms in total. The SMILES string of the molecule is Cc1cccc(N2C(C)CCCC2C)c1F. The molecule has 2 atom stereocenters. The summed E-state index contributed by atoms with van der Waals surface area (Å²) in [5.41, 5.74) is 1.52. The molecule has 1 aromatic rings. The smallest absolute Gasteiger partial charge is 0.149 e. The molecule has 0 saturated carbocycles. The van der Waals surface area contributed by atoms with Crippen molar-refractivity contribution in [3.8, 4) is 0 Å². The van der Waals surface area contributed by atoms with E-state index in [0.717, 1.165) is 24.1 Å². The lowest BCUT2D eigenvalue weighted by atomic mass is 9.96. The van der Waals surface area contributed by atoms with Gasteiger partial charge in [0.05, 0.1) is 5.69 Å². The molecule has 0 spiro atoms. The summed E-state index contributed by atoms with van der Waals surface area (Å²) in [7, 11) is 0. The average molecular weight is 221 g/mol. The van der Waals surface area contributed by atoms with Crippen LogP contribution in [0.5, 0.6) is 0 Å². The molecule has 0 aromatic heterocycles.